The Kier molecular flexibility index (Phi) is 6.71. The Bertz CT molecular complexity index is 1120. The van der Waals surface area contributed by atoms with E-state index < -0.39 is 11.0 Å². The molecule has 0 aliphatic heterocycles. The standard InChI is InChI=1S/C23H25N3O5/c1-15(23(27)24-21-13-19(26(28)29)8-10-22(21)31-4)25(2)14-16-5-6-18-12-20(30-3)9-7-17(18)11-16/h5-13,15H,14H2,1-4H3,(H,24,27)/t15-/m1/s1. The van der Waals surface area contributed by atoms with Crippen molar-refractivity contribution in [1.29, 1.82) is 0 Å². The van der Waals surface area contributed by atoms with Crippen LogP contribution in [0.3, 0.4) is 0 Å². The molecule has 0 aliphatic carbocycles. The molecular weight excluding hydrogens is 398 g/mol. The highest BCUT2D eigenvalue weighted by Gasteiger charge is 2.21. The Morgan fingerprint density at radius 1 is 1.06 bits per heavy atom. The van der Waals surface area contributed by atoms with Gasteiger partial charge in [0, 0.05) is 18.7 Å². The van der Waals surface area contributed by atoms with Crippen molar-refractivity contribution in [2.45, 2.75) is 19.5 Å². The second kappa shape index (κ2) is 9.44. The zero-order chi connectivity index (χ0) is 22.5. The molecule has 8 nitrogen and oxygen atoms in total. The van der Waals surface area contributed by atoms with Crippen LogP contribution in [0.5, 0.6) is 11.5 Å². The normalized spacial score (nSPS) is 11.9. The van der Waals surface area contributed by atoms with Gasteiger partial charge in [-0.1, -0.05) is 18.2 Å². The van der Waals surface area contributed by atoms with Gasteiger partial charge in [-0.3, -0.25) is 19.8 Å². The molecule has 0 aliphatic rings. The van der Waals surface area contributed by atoms with Crippen LogP contribution in [0.25, 0.3) is 10.8 Å². The second-order valence-corrected chi connectivity index (χ2v) is 7.27. The predicted octanol–water partition coefficient (Wildman–Crippen LogP) is 4.22. The lowest BCUT2D eigenvalue weighted by atomic mass is 10.1. The number of nitro groups is 1. The van der Waals surface area contributed by atoms with E-state index in [1.165, 1.54) is 25.3 Å². The van der Waals surface area contributed by atoms with Gasteiger partial charge in [0.25, 0.3) is 5.69 Å². The zero-order valence-electron chi connectivity index (χ0n) is 17.9. The number of nitrogens with zero attached hydrogens (tertiary/aromatic N) is 2. The second-order valence-electron chi connectivity index (χ2n) is 7.27. The summed E-state index contributed by atoms with van der Waals surface area (Å²) in [6, 6.07) is 15.6. The molecule has 0 unspecified atom stereocenters. The van der Waals surface area contributed by atoms with Crippen LogP contribution in [-0.4, -0.2) is 43.0 Å². The minimum Gasteiger partial charge on any atom is -0.497 e. The van der Waals surface area contributed by atoms with Gasteiger partial charge in [0.2, 0.25) is 5.91 Å². The lowest BCUT2D eigenvalue weighted by molar-refractivity contribution is -0.384. The van der Waals surface area contributed by atoms with Crippen molar-refractivity contribution in [3.63, 3.8) is 0 Å². The Balaban J connectivity index is 1.72. The molecule has 1 atom stereocenters. The number of fused-ring (bicyclic) bond motifs is 1. The average molecular weight is 423 g/mol. The van der Waals surface area contributed by atoms with Gasteiger partial charge in [-0.05, 0) is 54.6 Å². The summed E-state index contributed by atoms with van der Waals surface area (Å²) in [5.74, 6) is 0.879. The molecule has 0 radical (unpaired) electrons. The van der Waals surface area contributed by atoms with E-state index in [2.05, 4.69) is 11.4 Å². The topological polar surface area (TPSA) is 93.9 Å². The number of likely N-dealkylation sites (N-methyl/N-ethyl adjacent to an activating group) is 1. The summed E-state index contributed by atoms with van der Waals surface area (Å²) >= 11 is 0. The Hall–Kier alpha value is -3.65. The fraction of sp³-hybridized carbons (Fsp3) is 0.261. The summed E-state index contributed by atoms with van der Waals surface area (Å²) in [7, 11) is 4.94. The number of nitrogens with one attached hydrogen (secondary N) is 1. The van der Waals surface area contributed by atoms with Gasteiger partial charge >= 0.3 is 0 Å². The van der Waals surface area contributed by atoms with Crippen molar-refractivity contribution in [2.75, 3.05) is 26.6 Å². The Morgan fingerprint density at radius 3 is 2.45 bits per heavy atom. The van der Waals surface area contributed by atoms with Gasteiger partial charge in [-0.15, -0.1) is 0 Å². The molecule has 8 heteroatoms. The number of ether oxygens (including phenoxy) is 2. The number of carbonyl (C=O) groups is 1. The summed E-state index contributed by atoms with van der Waals surface area (Å²) < 4.78 is 10.5. The lowest BCUT2D eigenvalue weighted by Gasteiger charge is -2.24. The van der Waals surface area contributed by atoms with Crippen molar-refractivity contribution < 1.29 is 19.2 Å². The molecular formula is C23H25N3O5. The summed E-state index contributed by atoms with van der Waals surface area (Å²) in [6.07, 6.45) is 0. The summed E-state index contributed by atoms with van der Waals surface area (Å²) in [5.41, 5.74) is 1.21. The number of amides is 1. The van der Waals surface area contributed by atoms with Crippen molar-refractivity contribution >= 4 is 28.1 Å². The van der Waals surface area contributed by atoms with Crippen LogP contribution in [0.15, 0.2) is 54.6 Å². The molecule has 0 saturated carbocycles. The summed E-state index contributed by atoms with van der Waals surface area (Å²) in [5, 5.41) is 16.0. The van der Waals surface area contributed by atoms with E-state index in [1.54, 1.807) is 14.0 Å². The number of nitro benzene ring substituents is 1. The molecule has 3 aromatic carbocycles. The number of anilines is 1. The molecule has 162 valence electrons. The maximum atomic E-state index is 12.8. The van der Waals surface area contributed by atoms with Crippen molar-refractivity contribution in [1.82, 2.24) is 4.90 Å². The van der Waals surface area contributed by atoms with E-state index >= 15 is 0 Å². The van der Waals surface area contributed by atoms with Crippen LogP contribution in [-0.2, 0) is 11.3 Å². The van der Waals surface area contributed by atoms with Gasteiger partial charge in [0.05, 0.1) is 30.9 Å². The van der Waals surface area contributed by atoms with Crippen molar-refractivity contribution in [2.24, 2.45) is 0 Å². The number of carbonyl (C=O) groups excluding carboxylic acids is 1. The van der Waals surface area contributed by atoms with Crippen molar-refractivity contribution in [3.05, 3.63) is 70.3 Å². The minimum absolute atomic E-state index is 0.120. The van der Waals surface area contributed by atoms with Crippen LogP contribution in [0.4, 0.5) is 11.4 Å². The highest BCUT2D eigenvalue weighted by Crippen LogP contribution is 2.29. The maximum absolute atomic E-state index is 12.8. The predicted molar refractivity (Wildman–Crippen MR) is 120 cm³/mol. The number of non-ortho nitro benzene ring substituents is 1. The van der Waals surface area contributed by atoms with Crippen LogP contribution in [0, 0.1) is 10.1 Å². The molecule has 0 fully saturated rings. The van der Waals surface area contributed by atoms with E-state index in [-0.39, 0.29) is 17.3 Å². The minimum atomic E-state index is -0.514. The van der Waals surface area contributed by atoms with E-state index in [1.807, 2.05) is 42.3 Å². The smallest absolute Gasteiger partial charge is 0.271 e. The average Bonchev–Trinajstić information content (AvgIpc) is 2.77. The maximum Gasteiger partial charge on any atom is 0.271 e. The molecule has 1 N–H and O–H groups in total. The van der Waals surface area contributed by atoms with E-state index in [4.69, 9.17) is 9.47 Å². The van der Waals surface area contributed by atoms with E-state index in [9.17, 15) is 14.9 Å². The number of methoxy groups -OCH3 is 2. The molecule has 3 aromatic rings. The SMILES string of the molecule is COc1ccc2cc(CN(C)[C@H](C)C(=O)Nc3cc([N+](=O)[O-])ccc3OC)ccc2c1. The third-order valence-corrected chi connectivity index (χ3v) is 5.24. The third kappa shape index (κ3) is 5.10. The molecule has 1 amide bonds. The van der Waals surface area contributed by atoms with Crippen LogP contribution < -0.4 is 14.8 Å². The fourth-order valence-corrected chi connectivity index (χ4v) is 3.27. The zero-order valence-corrected chi connectivity index (χ0v) is 17.9. The van der Waals surface area contributed by atoms with Gasteiger partial charge in [-0.2, -0.15) is 0 Å². The largest absolute Gasteiger partial charge is 0.497 e. The van der Waals surface area contributed by atoms with Gasteiger partial charge < -0.3 is 14.8 Å². The van der Waals surface area contributed by atoms with Crippen LogP contribution in [0.2, 0.25) is 0 Å². The van der Waals surface area contributed by atoms with E-state index in [0.29, 0.717) is 12.3 Å². The summed E-state index contributed by atoms with van der Waals surface area (Å²) in [6.45, 7) is 2.34. The van der Waals surface area contributed by atoms with Crippen LogP contribution >= 0.6 is 0 Å². The number of benzene rings is 3. The first kappa shape index (κ1) is 22.0. The Morgan fingerprint density at radius 2 is 1.77 bits per heavy atom. The first-order chi connectivity index (χ1) is 14.8. The number of rotatable bonds is 8. The van der Waals surface area contributed by atoms with Crippen LogP contribution in [0.1, 0.15) is 12.5 Å². The van der Waals surface area contributed by atoms with Gasteiger partial charge in [0.1, 0.15) is 11.5 Å². The third-order valence-electron chi connectivity index (χ3n) is 5.24. The fourth-order valence-electron chi connectivity index (χ4n) is 3.27. The molecule has 0 spiro atoms. The van der Waals surface area contributed by atoms with Gasteiger partial charge in [-0.25, -0.2) is 0 Å². The van der Waals surface area contributed by atoms with E-state index in [0.717, 1.165) is 22.1 Å². The van der Waals surface area contributed by atoms with Crippen molar-refractivity contribution in [3.8, 4) is 11.5 Å². The molecule has 31 heavy (non-hydrogen) atoms. The highest BCUT2D eigenvalue weighted by molar-refractivity contribution is 5.96. The first-order valence-electron chi connectivity index (χ1n) is 9.72. The lowest BCUT2D eigenvalue weighted by Crippen LogP contribution is -2.39. The quantitative estimate of drug-likeness (QED) is 0.431. The molecule has 0 saturated heterocycles. The molecule has 0 aromatic heterocycles. The molecule has 3 rings (SSSR count). The Labute approximate surface area is 180 Å². The highest BCUT2D eigenvalue weighted by atomic mass is 16.6. The molecule has 0 heterocycles. The number of hydrogen-bond donors (Lipinski definition) is 1. The van der Waals surface area contributed by atoms with Gasteiger partial charge in [0.15, 0.2) is 0 Å². The molecule has 0 bridgehead atoms. The monoisotopic (exact) mass is 423 g/mol. The number of hydrogen-bond acceptors (Lipinski definition) is 6. The first-order valence-corrected chi connectivity index (χ1v) is 9.72. The summed E-state index contributed by atoms with van der Waals surface area (Å²) in [4.78, 5) is 25.2.